The molecule has 0 spiro atoms. The zero-order valence-corrected chi connectivity index (χ0v) is 17.9. The molecule has 0 aliphatic carbocycles. The first kappa shape index (κ1) is 22.3. The van der Waals surface area contributed by atoms with E-state index in [0.717, 1.165) is 17.5 Å². The summed E-state index contributed by atoms with van der Waals surface area (Å²) < 4.78 is 0. The molecule has 2 rings (SSSR count). The van der Waals surface area contributed by atoms with Gasteiger partial charge < -0.3 is 10.2 Å². The average Bonchev–Trinajstić information content (AvgIpc) is 2.65. The molecule has 0 aliphatic heterocycles. The van der Waals surface area contributed by atoms with Gasteiger partial charge in [-0.05, 0) is 55.7 Å². The van der Waals surface area contributed by atoms with Gasteiger partial charge in [-0.15, -0.1) is 0 Å². The minimum absolute atomic E-state index is 0.0472. The molecule has 2 amide bonds. The molecule has 0 heterocycles. The molecule has 0 unspecified atom stereocenters. The highest BCUT2D eigenvalue weighted by Gasteiger charge is 2.26. The molecule has 0 fully saturated rings. The molecular weight excluding hydrogens is 395 g/mol. The summed E-state index contributed by atoms with van der Waals surface area (Å²) in [6.45, 7) is 6.00. The fourth-order valence-corrected chi connectivity index (χ4v) is 3.23. The molecule has 0 saturated carbocycles. The van der Waals surface area contributed by atoms with Gasteiger partial charge in [0.25, 0.3) is 0 Å². The first-order valence-corrected chi connectivity index (χ1v) is 10.1. The Morgan fingerprint density at radius 2 is 1.57 bits per heavy atom. The van der Waals surface area contributed by atoms with Crippen LogP contribution in [0.25, 0.3) is 0 Å². The minimum Gasteiger partial charge on any atom is -0.352 e. The molecule has 0 radical (unpaired) electrons. The first-order valence-electron chi connectivity index (χ1n) is 9.39. The summed E-state index contributed by atoms with van der Waals surface area (Å²) in [6.07, 6.45) is 0.991. The van der Waals surface area contributed by atoms with E-state index in [4.69, 9.17) is 23.2 Å². The predicted octanol–water partition coefficient (Wildman–Crippen LogP) is 4.87. The van der Waals surface area contributed by atoms with Crippen molar-refractivity contribution in [1.29, 1.82) is 0 Å². The largest absolute Gasteiger partial charge is 0.352 e. The van der Waals surface area contributed by atoms with E-state index in [1.165, 1.54) is 0 Å². The third-order valence-electron chi connectivity index (χ3n) is 4.65. The van der Waals surface area contributed by atoms with Crippen LogP contribution in [-0.2, 0) is 22.6 Å². The van der Waals surface area contributed by atoms with Gasteiger partial charge in [0, 0.05) is 22.6 Å². The molecule has 0 bridgehead atoms. The molecule has 0 aliphatic rings. The maximum atomic E-state index is 13.1. The van der Waals surface area contributed by atoms with Crippen LogP contribution < -0.4 is 5.32 Å². The van der Waals surface area contributed by atoms with Gasteiger partial charge in [-0.3, -0.25) is 9.59 Å². The molecule has 150 valence electrons. The summed E-state index contributed by atoms with van der Waals surface area (Å²) in [5, 5.41) is 4.13. The number of rotatable bonds is 8. The van der Waals surface area contributed by atoms with Gasteiger partial charge >= 0.3 is 0 Å². The standard InChI is InChI=1S/C22H26Cl2N2O2/c1-4-15(2)25-22(28)16(3)26(14-18-8-6-10-20(24)12-18)21(27)13-17-7-5-9-19(23)11-17/h5-12,15-16H,4,13-14H2,1-3H3,(H,25,28)/t15-,16-/m0/s1. The average molecular weight is 421 g/mol. The van der Waals surface area contributed by atoms with E-state index >= 15 is 0 Å². The Morgan fingerprint density at radius 1 is 1.00 bits per heavy atom. The van der Waals surface area contributed by atoms with Crippen LogP contribution in [-0.4, -0.2) is 28.8 Å². The van der Waals surface area contributed by atoms with Crippen molar-refractivity contribution in [3.8, 4) is 0 Å². The highest BCUT2D eigenvalue weighted by Crippen LogP contribution is 2.17. The van der Waals surface area contributed by atoms with E-state index in [0.29, 0.717) is 16.6 Å². The van der Waals surface area contributed by atoms with Crippen LogP contribution in [0.5, 0.6) is 0 Å². The second-order valence-corrected chi connectivity index (χ2v) is 7.82. The summed E-state index contributed by atoms with van der Waals surface area (Å²) in [4.78, 5) is 27.3. The molecule has 6 heteroatoms. The second-order valence-electron chi connectivity index (χ2n) is 6.95. The summed E-state index contributed by atoms with van der Waals surface area (Å²) in [5.41, 5.74) is 1.68. The Bertz CT molecular complexity index is 826. The molecule has 0 saturated heterocycles. The lowest BCUT2D eigenvalue weighted by Gasteiger charge is -2.30. The lowest BCUT2D eigenvalue weighted by Crippen LogP contribution is -2.49. The Balaban J connectivity index is 2.23. The fourth-order valence-electron chi connectivity index (χ4n) is 2.80. The van der Waals surface area contributed by atoms with Crippen molar-refractivity contribution in [1.82, 2.24) is 10.2 Å². The Labute approximate surface area is 176 Å². The van der Waals surface area contributed by atoms with Crippen LogP contribution in [0.2, 0.25) is 10.0 Å². The van der Waals surface area contributed by atoms with Crippen molar-refractivity contribution < 1.29 is 9.59 Å². The molecule has 4 nitrogen and oxygen atoms in total. The molecule has 1 N–H and O–H groups in total. The van der Waals surface area contributed by atoms with E-state index in [9.17, 15) is 9.59 Å². The molecule has 2 atom stereocenters. The van der Waals surface area contributed by atoms with Crippen LogP contribution in [0.4, 0.5) is 0 Å². The van der Waals surface area contributed by atoms with Crippen molar-refractivity contribution in [3.05, 3.63) is 69.7 Å². The van der Waals surface area contributed by atoms with Crippen LogP contribution in [0, 0.1) is 0 Å². The zero-order valence-electron chi connectivity index (χ0n) is 16.4. The topological polar surface area (TPSA) is 49.4 Å². The van der Waals surface area contributed by atoms with Crippen molar-refractivity contribution in [2.75, 3.05) is 0 Å². The molecule has 28 heavy (non-hydrogen) atoms. The van der Waals surface area contributed by atoms with Crippen molar-refractivity contribution >= 4 is 35.0 Å². The maximum Gasteiger partial charge on any atom is 0.242 e. The van der Waals surface area contributed by atoms with Crippen LogP contribution in [0.15, 0.2) is 48.5 Å². The number of amides is 2. The van der Waals surface area contributed by atoms with E-state index in [-0.39, 0.29) is 24.3 Å². The molecule has 2 aromatic carbocycles. The van der Waals surface area contributed by atoms with Crippen molar-refractivity contribution in [3.63, 3.8) is 0 Å². The summed E-state index contributed by atoms with van der Waals surface area (Å²) >= 11 is 12.1. The van der Waals surface area contributed by atoms with Gasteiger partial charge in [0.05, 0.1) is 6.42 Å². The van der Waals surface area contributed by atoms with E-state index < -0.39 is 6.04 Å². The lowest BCUT2D eigenvalue weighted by molar-refractivity contribution is -0.140. The van der Waals surface area contributed by atoms with Gasteiger partial charge in [0.15, 0.2) is 0 Å². The van der Waals surface area contributed by atoms with Gasteiger partial charge in [-0.1, -0.05) is 54.4 Å². The number of nitrogens with zero attached hydrogens (tertiary/aromatic N) is 1. The van der Waals surface area contributed by atoms with E-state index in [1.807, 2.05) is 38.1 Å². The zero-order chi connectivity index (χ0) is 20.7. The van der Waals surface area contributed by atoms with Gasteiger partial charge in [-0.2, -0.15) is 0 Å². The summed E-state index contributed by atoms with van der Waals surface area (Å²) in [6, 6.07) is 13.9. The third-order valence-corrected chi connectivity index (χ3v) is 5.12. The van der Waals surface area contributed by atoms with Gasteiger partial charge in [0.2, 0.25) is 11.8 Å². The molecule has 0 aromatic heterocycles. The normalized spacial score (nSPS) is 12.9. The van der Waals surface area contributed by atoms with Crippen LogP contribution >= 0.6 is 23.2 Å². The highest BCUT2D eigenvalue weighted by molar-refractivity contribution is 6.30. The second kappa shape index (κ2) is 10.5. The highest BCUT2D eigenvalue weighted by atomic mass is 35.5. The van der Waals surface area contributed by atoms with E-state index in [1.54, 1.807) is 36.1 Å². The van der Waals surface area contributed by atoms with Crippen molar-refractivity contribution in [2.24, 2.45) is 0 Å². The number of hydrogen-bond donors (Lipinski definition) is 1. The Hall–Kier alpha value is -2.04. The molecular formula is C22H26Cl2N2O2. The number of benzene rings is 2. The van der Waals surface area contributed by atoms with E-state index in [2.05, 4.69) is 5.32 Å². The monoisotopic (exact) mass is 420 g/mol. The fraction of sp³-hybridized carbons (Fsp3) is 0.364. The van der Waals surface area contributed by atoms with Gasteiger partial charge in [-0.25, -0.2) is 0 Å². The lowest BCUT2D eigenvalue weighted by atomic mass is 10.1. The van der Waals surface area contributed by atoms with Crippen LogP contribution in [0.1, 0.15) is 38.3 Å². The third kappa shape index (κ3) is 6.54. The Kier molecular flexibility index (Phi) is 8.34. The van der Waals surface area contributed by atoms with Crippen molar-refractivity contribution in [2.45, 2.75) is 52.2 Å². The van der Waals surface area contributed by atoms with Gasteiger partial charge in [0.1, 0.15) is 6.04 Å². The number of hydrogen-bond acceptors (Lipinski definition) is 2. The minimum atomic E-state index is -0.611. The summed E-state index contributed by atoms with van der Waals surface area (Å²) in [5.74, 6) is -0.315. The number of carbonyl (C=O) groups excluding carboxylic acids is 2. The number of carbonyl (C=O) groups is 2. The summed E-state index contributed by atoms with van der Waals surface area (Å²) in [7, 11) is 0. The SMILES string of the molecule is CC[C@H](C)NC(=O)[C@H](C)N(Cc1cccc(Cl)c1)C(=O)Cc1cccc(Cl)c1. The quantitative estimate of drug-likeness (QED) is 0.661. The maximum absolute atomic E-state index is 13.1. The Morgan fingerprint density at radius 3 is 2.14 bits per heavy atom. The first-order chi connectivity index (χ1) is 13.3. The van der Waals surface area contributed by atoms with Crippen LogP contribution in [0.3, 0.4) is 0 Å². The number of halogens is 2. The molecule has 2 aromatic rings. The predicted molar refractivity (Wildman–Crippen MR) is 115 cm³/mol. The smallest absolute Gasteiger partial charge is 0.242 e. The number of nitrogens with one attached hydrogen (secondary N) is 1.